The van der Waals surface area contributed by atoms with Gasteiger partial charge in [-0.05, 0) is 73.1 Å². The highest BCUT2D eigenvalue weighted by Crippen LogP contribution is 2.38. The standard InChI is InChI=1S/C24H31NO3/c1-27-24(28-2)18-12-14-25(15-13-18)20-8-6-17(7-9-20)22-5-3-4-19-16-21(26)10-11-23(19)22/h6-11,16,18,22,24,26H,3-5,12-15H2,1-2H3. The van der Waals surface area contributed by atoms with Crippen molar-refractivity contribution in [3.63, 3.8) is 0 Å². The molecule has 0 spiro atoms. The molecule has 0 radical (unpaired) electrons. The molecule has 4 nitrogen and oxygen atoms in total. The lowest BCUT2D eigenvalue weighted by Gasteiger charge is -2.36. The number of aryl methyl sites for hydroxylation is 1. The maximum absolute atomic E-state index is 9.79. The van der Waals surface area contributed by atoms with Crippen LogP contribution < -0.4 is 4.90 Å². The summed E-state index contributed by atoms with van der Waals surface area (Å²) in [6, 6.07) is 15.0. The molecule has 1 fully saturated rings. The molecule has 0 saturated carbocycles. The van der Waals surface area contributed by atoms with Crippen LogP contribution in [0.4, 0.5) is 5.69 Å². The van der Waals surface area contributed by atoms with Gasteiger partial charge in [-0.15, -0.1) is 0 Å². The average molecular weight is 382 g/mol. The molecule has 4 heteroatoms. The smallest absolute Gasteiger partial charge is 0.159 e. The normalized spacial score (nSPS) is 20.4. The first-order valence-corrected chi connectivity index (χ1v) is 10.4. The molecule has 1 unspecified atom stereocenters. The van der Waals surface area contributed by atoms with Crippen molar-refractivity contribution < 1.29 is 14.6 Å². The zero-order valence-electron chi connectivity index (χ0n) is 16.9. The first-order chi connectivity index (χ1) is 13.7. The summed E-state index contributed by atoms with van der Waals surface area (Å²) in [5.74, 6) is 1.29. The van der Waals surface area contributed by atoms with E-state index in [-0.39, 0.29) is 6.29 Å². The Labute approximate surface area is 168 Å². The van der Waals surface area contributed by atoms with Gasteiger partial charge in [-0.2, -0.15) is 0 Å². The van der Waals surface area contributed by atoms with Crippen molar-refractivity contribution in [3.05, 3.63) is 59.2 Å². The van der Waals surface area contributed by atoms with Gasteiger partial charge >= 0.3 is 0 Å². The largest absolute Gasteiger partial charge is 0.508 e. The van der Waals surface area contributed by atoms with Gasteiger partial charge in [0.05, 0.1) is 0 Å². The third kappa shape index (κ3) is 3.89. The summed E-state index contributed by atoms with van der Waals surface area (Å²) in [5.41, 5.74) is 5.36. The van der Waals surface area contributed by atoms with Crippen LogP contribution in [0.15, 0.2) is 42.5 Å². The number of methoxy groups -OCH3 is 2. The second-order valence-corrected chi connectivity index (χ2v) is 8.08. The van der Waals surface area contributed by atoms with Crippen LogP contribution in [-0.2, 0) is 15.9 Å². The van der Waals surface area contributed by atoms with Crippen LogP contribution in [0.1, 0.15) is 48.3 Å². The van der Waals surface area contributed by atoms with E-state index in [1.54, 1.807) is 14.2 Å². The molecule has 1 aliphatic heterocycles. The predicted octanol–water partition coefficient (Wildman–Crippen LogP) is 4.70. The lowest BCUT2D eigenvalue weighted by molar-refractivity contribution is -0.141. The highest BCUT2D eigenvalue weighted by atomic mass is 16.7. The number of nitrogens with zero attached hydrogens (tertiary/aromatic N) is 1. The zero-order valence-corrected chi connectivity index (χ0v) is 16.9. The van der Waals surface area contributed by atoms with Gasteiger partial charge in [0.25, 0.3) is 0 Å². The van der Waals surface area contributed by atoms with E-state index in [1.807, 2.05) is 12.1 Å². The maximum Gasteiger partial charge on any atom is 0.159 e. The van der Waals surface area contributed by atoms with Gasteiger partial charge in [-0.3, -0.25) is 0 Å². The third-order valence-electron chi connectivity index (χ3n) is 6.49. The quantitative estimate of drug-likeness (QED) is 0.763. The summed E-state index contributed by atoms with van der Waals surface area (Å²) in [5, 5.41) is 9.79. The first kappa shape index (κ1) is 19.3. The lowest BCUT2D eigenvalue weighted by atomic mass is 9.79. The minimum atomic E-state index is -0.0877. The predicted molar refractivity (Wildman–Crippen MR) is 112 cm³/mol. The molecule has 1 heterocycles. The van der Waals surface area contributed by atoms with Crippen LogP contribution >= 0.6 is 0 Å². The number of hydrogen-bond acceptors (Lipinski definition) is 4. The second kappa shape index (κ2) is 8.54. The molecule has 2 aliphatic rings. The Kier molecular flexibility index (Phi) is 5.88. The van der Waals surface area contributed by atoms with Crippen LogP contribution in [0, 0.1) is 5.92 Å². The number of aromatic hydroxyl groups is 1. The van der Waals surface area contributed by atoms with E-state index in [0.29, 0.717) is 17.6 Å². The van der Waals surface area contributed by atoms with Crippen LogP contribution in [0.5, 0.6) is 5.75 Å². The van der Waals surface area contributed by atoms with E-state index in [1.165, 1.54) is 35.2 Å². The van der Waals surface area contributed by atoms with Gasteiger partial charge in [-0.25, -0.2) is 0 Å². The number of ether oxygens (including phenoxy) is 2. The van der Waals surface area contributed by atoms with Gasteiger partial charge in [0.2, 0.25) is 0 Å². The van der Waals surface area contributed by atoms with Crippen LogP contribution in [-0.4, -0.2) is 38.7 Å². The number of phenolic OH excluding ortho intramolecular Hbond substituents is 1. The molecule has 0 amide bonds. The molecule has 2 aromatic rings. The lowest BCUT2D eigenvalue weighted by Crippen LogP contribution is -2.39. The summed E-state index contributed by atoms with van der Waals surface area (Å²) in [6.07, 6.45) is 5.52. The van der Waals surface area contributed by atoms with Crippen molar-refractivity contribution in [2.45, 2.75) is 44.3 Å². The van der Waals surface area contributed by atoms with Crippen LogP contribution in [0.25, 0.3) is 0 Å². The number of rotatable bonds is 5. The van der Waals surface area contributed by atoms with Gasteiger partial charge in [0, 0.05) is 44.8 Å². The van der Waals surface area contributed by atoms with Gasteiger partial charge in [0.1, 0.15) is 5.75 Å². The number of fused-ring (bicyclic) bond motifs is 1. The first-order valence-electron chi connectivity index (χ1n) is 10.4. The van der Waals surface area contributed by atoms with Crippen molar-refractivity contribution in [2.24, 2.45) is 5.92 Å². The molecule has 150 valence electrons. The van der Waals surface area contributed by atoms with E-state index in [0.717, 1.165) is 32.4 Å². The number of hydrogen-bond donors (Lipinski definition) is 1. The Morgan fingerprint density at radius 3 is 2.36 bits per heavy atom. The Balaban J connectivity index is 1.44. The van der Waals surface area contributed by atoms with Gasteiger partial charge < -0.3 is 19.5 Å². The topological polar surface area (TPSA) is 41.9 Å². The summed E-state index contributed by atoms with van der Waals surface area (Å²) in [7, 11) is 3.45. The number of phenols is 1. The Morgan fingerprint density at radius 2 is 1.68 bits per heavy atom. The molecule has 1 N–H and O–H groups in total. The minimum absolute atomic E-state index is 0.0877. The van der Waals surface area contributed by atoms with E-state index in [9.17, 15) is 5.11 Å². The highest BCUT2D eigenvalue weighted by molar-refractivity contribution is 5.51. The van der Waals surface area contributed by atoms with Crippen molar-refractivity contribution >= 4 is 5.69 Å². The van der Waals surface area contributed by atoms with Crippen molar-refractivity contribution in [1.82, 2.24) is 0 Å². The minimum Gasteiger partial charge on any atom is -0.508 e. The Hall–Kier alpha value is -2.04. The monoisotopic (exact) mass is 381 g/mol. The molecule has 1 saturated heterocycles. The molecule has 28 heavy (non-hydrogen) atoms. The SMILES string of the molecule is COC(OC)C1CCN(c2ccc(C3CCCc4cc(O)ccc43)cc2)CC1. The fraction of sp³-hybridized carbons (Fsp3) is 0.500. The Bertz CT molecular complexity index is 777. The van der Waals surface area contributed by atoms with E-state index in [2.05, 4.69) is 35.2 Å². The van der Waals surface area contributed by atoms with E-state index < -0.39 is 0 Å². The maximum atomic E-state index is 9.79. The summed E-state index contributed by atoms with van der Waals surface area (Å²) < 4.78 is 10.9. The van der Waals surface area contributed by atoms with Crippen molar-refractivity contribution in [3.8, 4) is 5.75 Å². The fourth-order valence-corrected chi connectivity index (χ4v) is 4.98. The summed E-state index contributed by atoms with van der Waals surface area (Å²) >= 11 is 0. The third-order valence-corrected chi connectivity index (χ3v) is 6.49. The zero-order chi connectivity index (χ0) is 19.5. The van der Waals surface area contributed by atoms with Crippen molar-refractivity contribution in [2.75, 3.05) is 32.2 Å². The van der Waals surface area contributed by atoms with Crippen LogP contribution in [0.3, 0.4) is 0 Å². The van der Waals surface area contributed by atoms with Gasteiger partial charge in [0.15, 0.2) is 6.29 Å². The fourth-order valence-electron chi connectivity index (χ4n) is 4.98. The molecule has 1 aliphatic carbocycles. The highest BCUT2D eigenvalue weighted by Gasteiger charge is 2.27. The van der Waals surface area contributed by atoms with Crippen LogP contribution in [0.2, 0.25) is 0 Å². The van der Waals surface area contributed by atoms with Gasteiger partial charge in [-0.1, -0.05) is 18.2 Å². The molecule has 4 rings (SSSR count). The summed E-state index contributed by atoms with van der Waals surface area (Å²) in [6.45, 7) is 2.08. The van der Waals surface area contributed by atoms with E-state index >= 15 is 0 Å². The molecule has 0 bridgehead atoms. The molecule has 2 aromatic carbocycles. The molecular weight excluding hydrogens is 350 g/mol. The average Bonchev–Trinajstić information content (AvgIpc) is 2.75. The Morgan fingerprint density at radius 1 is 0.964 bits per heavy atom. The molecular formula is C24H31NO3. The van der Waals surface area contributed by atoms with Crippen molar-refractivity contribution in [1.29, 1.82) is 0 Å². The second-order valence-electron chi connectivity index (χ2n) is 8.08. The number of piperidine rings is 1. The summed E-state index contributed by atoms with van der Waals surface area (Å²) in [4.78, 5) is 2.47. The number of anilines is 1. The molecule has 1 atom stereocenters. The number of benzene rings is 2. The van der Waals surface area contributed by atoms with E-state index in [4.69, 9.17) is 9.47 Å². The molecule has 0 aromatic heterocycles.